The predicted molar refractivity (Wildman–Crippen MR) is 125 cm³/mol. The average Bonchev–Trinajstić information content (AvgIpc) is 3.41. The van der Waals surface area contributed by atoms with Crippen LogP contribution in [0.5, 0.6) is 0 Å². The fraction of sp³-hybridized carbons (Fsp3) is 0.0833. The number of rotatable bonds is 4. The Morgan fingerprint density at radius 3 is 2.50 bits per heavy atom. The molecular formula is C24H17ClF2N4S. The number of nitrogens with zero attached hydrogens (tertiary/aromatic N) is 3. The third-order valence-corrected chi connectivity index (χ3v) is 6.08. The molecule has 0 bridgehead atoms. The van der Waals surface area contributed by atoms with Crippen LogP contribution in [-0.2, 0) is 0 Å². The molecule has 1 fully saturated rings. The van der Waals surface area contributed by atoms with Gasteiger partial charge in [-0.25, -0.2) is 8.78 Å². The molecule has 32 heavy (non-hydrogen) atoms. The van der Waals surface area contributed by atoms with Gasteiger partial charge in [-0.3, -0.25) is 4.98 Å². The number of thiocarbonyl (C=S) groups is 1. The molecule has 2 aromatic carbocycles. The molecule has 8 heteroatoms. The first kappa shape index (κ1) is 20.6. The van der Waals surface area contributed by atoms with Gasteiger partial charge in [-0.1, -0.05) is 29.8 Å². The highest BCUT2D eigenvalue weighted by molar-refractivity contribution is 7.80. The van der Waals surface area contributed by atoms with Gasteiger partial charge in [0.1, 0.15) is 17.7 Å². The molecule has 1 N–H and O–H groups in total. The zero-order valence-electron chi connectivity index (χ0n) is 16.6. The maximum absolute atomic E-state index is 14.9. The predicted octanol–water partition coefficient (Wildman–Crippen LogP) is 5.98. The quantitative estimate of drug-likeness (QED) is 0.375. The summed E-state index contributed by atoms with van der Waals surface area (Å²) in [5.74, 6) is -0.876. The van der Waals surface area contributed by atoms with Crippen LogP contribution in [0.3, 0.4) is 0 Å². The van der Waals surface area contributed by atoms with Crippen LogP contribution in [0.4, 0.5) is 14.5 Å². The summed E-state index contributed by atoms with van der Waals surface area (Å²) in [6.07, 6.45) is 3.57. The lowest BCUT2D eigenvalue weighted by Gasteiger charge is -2.29. The minimum atomic E-state index is -0.493. The lowest BCUT2D eigenvalue weighted by molar-refractivity contribution is 0.541. The van der Waals surface area contributed by atoms with E-state index in [2.05, 4.69) is 10.3 Å². The van der Waals surface area contributed by atoms with Gasteiger partial charge in [0.15, 0.2) is 5.11 Å². The number of nitrogens with one attached hydrogen (secondary N) is 1. The van der Waals surface area contributed by atoms with Gasteiger partial charge in [0.05, 0.1) is 22.4 Å². The number of para-hydroxylation sites is 1. The second-order valence-corrected chi connectivity index (χ2v) is 8.14. The third kappa shape index (κ3) is 3.53. The van der Waals surface area contributed by atoms with Crippen molar-refractivity contribution < 1.29 is 8.78 Å². The van der Waals surface area contributed by atoms with Crippen LogP contribution in [0, 0.1) is 11.6 Å². The van der Waals surface area contributed by atoms with E-state index < -0.39 is 11.9 Å². The van der Waals surface area contributed by atoms with Crippen LogP contribution in [0.2, 0.25) is 5.02 Å². The van der Waals surface area contributed by atoms with Gasteiger partial charge in [0.2, 0.25) is 0 Å². The topological polar surface area (TPSA) is 33.1 Å². The zero-order chi connectivity index (χ0) is 22.2. The van der Waals surface area contributed by atoms with Crippen molar-refractivity contribution in [2.75, 3.05) is 4.90 Å². The minimum Gasteiger partial charge on any atom is -0.351 e. The first-order valence-corrected chi connectivity index (χ1v) is 10.7. The van der Waals surface area contributed by atoms with E-state index >= 15 is 0 Å². The monoisotopic (exact) mass is 466 g/mol. The molecule has 2 aromatic heterocycles. The maximum atomic E-state index is 14.9. The fourth-order valence-corrected chi connectivity index (χ4v) is 4.58. The summed E-state index contributed by atoms with van der Waals surface area (Å²) in [5.41, 5.74) is 2.63. The lowest BCUT2D eigenvalue weighted by atomic mass is 10.0. The van der Waals surface area contributed by atoms with Crippen molar-refractivity contribution in [3.8, 4) is 5.69 Å². The van der Waals surface area contributed by atoms with E-state index in [9.17, 15) is 8.78 Å². The molecule has 1 aliphatic heterocycles. The Bertz CT molecular complexity index is 1290. The van der Waals surface area contributed by atoms with E-state index in [1.54, 1.807) is 41.4 Å². The zero-order valence-corrected chi connectivity index (χ0v) is 18.2. The number of pyridine rings is 1. The summed E-state index contributed by atoms with van der Waals surface area (Å²) in [6.45, 7) is 0. The summed E-state index contributed by atoms with van der Waals surface area (Å²) in [4.78, 5) is 6.28. The van der Waals surface area contributed by atoms with Crippen molar-refractivity contribution in [1.29, 1.82) is 0 Å². The Hall–Kier alpha value is -3.29. The molecule has 3 heterocycles. The molecule has 0 unspecified atom stereocenters. The van der Waals surface area contributed by atoms with Crippen molar-refractivity contribution in [1.82, 2.24) is 14.9 Å². The van der Waals surface area contributed by atoms with E-state index in [0.29, 0.717) is 16.5 Å². The molecule has 2 atom stereocenters. The molecule has 1 aliphatic rings. The molecule has 160 valence electrons. The van der Waals surface area contributed by atoms with Crippen LogP contribution in [0.1, 0.15) is 23.5 Å². The van der Waals surface area contributed by atoms with Gasteiger partial charge in [-0.15, -0.1) is 0 Å². The minimum absolute atomic E-state index is 0.0226. The maximum Gasteiger partial charge on any atom is 0.174 e. The normalized spacial score (nSPS) is 18.1. The molecule has 0 saturated carbocycles. The third-order valence-electron chi connectivity index (χ3n) is 5.47. The first-order valence-electron chi connectivity index (χ1n) is 9.92. The van der Waals surface area contributed by atoms with Crippen LogP contribution in [0.25, 0.3) is 5.69 Å². The number of anilines is 1. The summed E-state index contributed by atoms with van der Waals surface area (Å²) in [6, 6.07) is 19.7. The highest BCUT2D eigenvalue weighted by atomic mass is 35.5. The molecule has 0 amide bonds. The van der Waals surface area contributed by atoms with E-state index in [1.165, 1.54) is 12.1 Å². The lowest BCUT2D eigenvalue weighted by Crippen LogP contribution is -2.31. The van der Waals surface area contributed by atoms with Crippen molar-refractivity contribution >= 4 is 34.6 Å². The second-order valence-electron chi connectivity index (χ2n) is 7.35. The van der Waals surface area contributed by atoms with E-state index in [1.807, 2.05) is 41.1 Å². The number of hydrogen-bond donors (Lipinski definition) is 1. The summed E-state index contributed by atoms with van der Waals surface area (Å²) < 4.78 is 30.5. The van der Waals surface area contributed by atoms with Gasteiger partial charge in [0.25, 0.3) is 0 Å². The summed E-state index contributed by atoms with van der Waals surface area (Å²) in [7, 11) is 0. The first-order chi connectivity index (χ1) is 15.5. The number of hydrogen-bond acceptors (Lipinski definition) is 2. The number of aromatic nitrogens is 2. The van der Waals surface area contributed by atoms with Crippen LogP contribution >= 0.6 is 23.8 Å². The fourth-order valence-electron chi connectivity index (χ4n) is 4.07. The van der Waals surface area contributed by atoms with Crippen LogP contribution in [0.15, 0.2) is 85.2 Å². The highest BCUT2D eigenvalue weighted by Gasteiger charge is 2.43. The van der Waals surface area contributed by atoms with Crippen molar-refractivity contribution in [3.63, 3.8) is 0 Å². The molecular weight excluding hydrogens is 450 g/mol. The Labute approximate surface area is 194 Å². The molecule has 0 aliphatic carbocycles. The molecule has 4 nitrogen and oxygen atoms in total. The second kappa shape index (κ2) is 8.33. The summed E-state index contributed by atoms with van der Waals surface area (Å²) >= 11 is 11.7. The summed E-state index contributed by atoms with van der Waals surface area (Å²) in [5, 5.41) is 3.72. The number of benzene rings is 2. The molecule has 1 saturated heterocycles. The molecule has 0 spiro atoms. The number of halogens is 3. The average molecular weight is 467 g/mol. The van der Waals surface area contributed by atoms with Crippen molar-refractivity contribution in [2.45, 2.75) is 12.1 Å². The Morgan fingerprint density at radius 1 is 0.938 bits per heavy atom. The van der Waals surface area contributed by atoms with Crippen molar-refractivity contribution in [3.05, 3.63) is 113 Å². The van der Waals surface area contributed by atoms with Gasteiger partial charge in [-0.05, 0) is 66.8 Å². The van der Waals surface area contributed by atoms with Crippen molar-refractivity contribution in [2.24, 2.45) is 0 Å². The SMILES string of the molecule is Fc1ccc(-n2cccc2[C@@H]2[C@@H](c3ccccn3)NC(=S)N2c2ccccc2F)cc1Cl. The van der Waals surface area contributed by atoms with Gasteiger partial charge < -0.3 is 14.8 Å². The Kier molecular flexibility index (Phi) is 5.36. The Morgan fingerprint density at radius 2 is 1.75 bits per heavy atom. The van der Waals surface area contributed by atoms with E-state index in [-0.39, 0.29) is 16.9 Å². The van der Waals surface area contributed by atoms with Crippen LogP contribution in [-0.4, -0.2) is 14.7 Å². The van der Waals surface area contributed by atoms with Gasteiger partial charge in [-0.2, -0.15) is 0 Å². The largest absolute Gasteiger partial charge is 0.351 e. The molecule has 0 radical (unpaired) electrons. The van der Waals surface area contributed by atoms with Gasteiger partial charge in [0, 0.05) is 23.8 Å². The van der Waals surface area contributed by atoms with Gasteiger partial charge >= 0.3 is 0 Å². The smallest absolute Gasteiger partial charge is 0.174 e. The molecule has 4 aromatic rings. The standard InChI is InChI=1S/C24H17ClF2N4S/c25-16-14-15(10-11-17(16)26)30-13-5-9-21(30)23-22(19-7-3-4-12-28-19)29-24(32)31(23)20-8-2-1-6-18(20)27/h1-14,22-23H,(H,29,32)/t22-,23-/m1/s1. The molecule has 5 rings (SSSR count). The highest BCUT2D eigenvalue weighted by Crippen LogP contribution is 2.43. The Balaban J connectivity index is 1.69. The van der Waals surface area contributed by atoms with E-state index in [0.717, 1.165) is 11.4 Å². The van der Waals surface area contributed by atoms with E-state index in [4.69, 9.17) is 23.8 Å². The van der Waals surface area contributed by atoms with Crippen LogP contribution < -0.4 is 10.2 Å².